The van der Waals surface area contributed by atoms with Crippen LogP contribution in [0.4, 0.5) is 10.1 Å². The third-order valence-corrected chi connectivity index (χ3v) is 3.50. The minimum absolute atomic E-state index is 0.115. The van der Waals surface area contributed by atoms with E-state index in [9.17, 15) is 4.39 Å². The standard InChI is InChI=1S/C16H17BrFN/c1-3-16(12-5-4-6-14(18)9-12)19-15-8-11(2)7-13(17)10-15/h4-10,16,19H,3H2,1-2H3. The average Bonchev–Trinajstić information content (AvgIpc) is 2.34. The van der Waals surface area contributed by atoms with Gasteiger partial charge in [-0.3, -0.25) is 0 Å². The molecule has 0 spiro atoms. The lowest BCUT2D eigenvalue weighted by atomic mass is 10.0. The van der Waals surface area contributed by atoms with Gasteiger partial charge in [-0.15, -0.1) is 0 Å². The third kappa shape index (κ3) is 3.80. The predicted molar refractivity (Wildman–Crippen MR) is 81.9 cm³/mol. The summed E-state index contributed by atoms with van der Waals surface area (Å²) in [5, 5.41) is 3.46. The van der Waals surface area contributed by atoms with E-state index in [4.69, 9.17) is 0 Å². The Hall–Kier alpha value is -1.35. The first-order valence-electron chi connectivity index (χ1n) is 6.37. The molecule has 0 bridgehead atoms. The highest BCUT2D eigenvalue weighted by Crippen LogP contribution is 2.26. The lowest BCUT2D eigenvalue weighted by Gasteiger charge is -2.19. The topological polar surface area (TPSA) is 12.0 Å². The Balaban J connectivity index is 2.23. The molecule has 0 aliphatic rings. The predicted octanol–water partition coefficient (Wildman–Crippen LogP) is 5.46. The molecule has 100 valence electrons. The van der Waals surface area contributed by atoms with Crippen molar-refractivity contribution in [1.29, 1.82) is 0 Å². The molecule has 0 saturated carbocycles. The number of nitrogens with one attached hydrogen (secondary N) is 1. The Morgan fingerprint density at radius 1 is 1.21 bits per heavy atom. The molecule has 0 fully saturated rings. The van der Waals surface area contributed by atoms with Crippen LogP contribution in [0.5, 0.6) is 0 Å². The van der Waals surface area contributed by atoms with E-state index in [0.29, 0.717) is 0 Å². The highest BCUT2D eigenvalue weighted by molar-refractivity contribution is 9.10. The fourth-order valence-electron chi connectivity index (χ4n) is 2.17. The Morgan fingerprint density at radius 2 is 2.00 bits per heavy atom. The number of rotatable bonds is 4. The van der Waals surface area contributed by atoms with Crippen molar-refractivity contribution >= 4 is 21.6 Å². The smallest absolute Gasteiger partial charge is 0.123 e. The minimum atomic E-state index is -0.192. The van der Waals surface area contributed by atoms with E-state index in [0.717, 1.165) is 22.1 Å². The summed E-state index contributed by atoms with van der Waals surface area (Å²) in [5.74, 6) is -0.192. The Labute approximate surface area is 122 Å². The maximum atomic E-state index is 13.3. The van der Waals surface area contributed by atoms with E-state index in [-0.39, 0.29) is 11.9 Å². The van der Waals surface area contributed by atoms with E-state index >= 15 is 0 Å². The summed E-state index contributed by atoms with van der Waals surface area (Å²) < 4.78 is 14.3. The van der Waals surface area contributed by atoms with Crippen LogP contribution in [0.2, 0.25) is 0 Å². The molecule has 0 aliphatic carbocycles. The zero-order chi connectivity index (χ0) is 13.8. The van der Waals surface area contributed by atoms with Crippen LogP contribution >= 0.6 is 15.9 Å². The van der Waals surface area contributed by atoms with Gasteiger partial charge < -0.3 is 5.32 Å². The van der Waals surface area contributed by atoms with Crippen molar-refractivity contribution < 1.29 is 4.39 Å². The van der Waals surface area contributed by atoms with Crippen molar-refractivity contribution in [3.8, 4) is 0 Å². The van der Waals surface area contributed by atoms with E-state index < -0.39 is 0 Å². The second-order valence-electron chi connectivity index (χ2n) is 4.68. The largest absolute Gasteiger partial charge is 0.378 e. The van der Waals surface area contributed by atoms with Crippen molar-refractivity contribution in [2.45, 2.75) is 26.3 Å². The summed E-state index contributed by atoms with van der Waals surface area (Å²) in [7, 11) is 0. The van der Waals surface area contributed by atoms with Crippen LogP contribution in [0.25, 0.3) is 0 Å². The van der Waals surface area contributed by atoms with E-state index in [1.807, 2.05) is 12.1 Å². The van der Waals surface area contributed by atoms with Gasteiger partial charge in [0.1, 0.15) is 5.82 Å². The molecule has 2 aromatic rings. The first kappa shape index (κ1) is 14.1. The lowest BCUT2D eigenvalue weighted by molar-refractivity contribution is 0.621. The fourth-order valence-corrected chi connectivity index (χ4v) is 2.77. The van der Waals surface area contributed by atoms with Crippen LogP contribution in [0.15, 0.2) is 46.9 Å². The van der Waals surface area contributed by atoms with Crippen molar-refractivity contribution in [2.75, 3.05) is 5.32 Å². The van der Waals surface area contributed by atoms with Gasteiger partial charge in [0.2, 0.25) is 0 Å². The molecule has 1 unspecified atom stereocenters. The van der Waals surface area contributed by atoms with Crippen molar-refractivity contribution in [2.24, 2.45) is 0 Å². The molecule has 0 radical (unpaired) electrons. The highest BCUT2D eigenvalue weighted by atomic mass is 79.9. The van der Waals surface area contributed by atoms with Crippen molar-refractivity contribution in [3.05, 3.63) is 63.9 Å². The monoisotopic (exact) mass is 321 g/mol. The van der Waals surface area contributed by atoms with Gasteiger partial charge in [-0.25, -0.2) is 4.39 Å². The molecule has 0 aromatic heterocycles. The Kier molecular flexibility index (Phi) is 4.59. The summed E-state index contributed by atoms with van der Waals surface area (Å²) in [6, 6.07) is 13.1. The number of benzene rings is 2. The summed E-state index contributed by atoms with van der Waals surface area (Å²) in [6.45, 7) is 4.15. The van der Waals surface area contributed by atoms with Crippen LogP contribution in [0.1, 0.15) is 30.5 Å². The van der Waals surface area contributed by atoms with Gasteiger partial charge in [-0.05, 0) is 54.8 Å². The second kappa shape index (κ2) is 6.20. The normalized spacial score (nSPS) is 12.2. The van der Waals surface area contributed by atoms with Gasteiger partial charge in [0.05, 0.1) is 6.04 Å². The van der Waals surface area contributed by atoms with E-state index in [1.54, 1.807) is 12.1 Å². The number of hydrogen-bond acceptors (Lipinski definition) is 1. The molecular weight excluding hydrogens is 305 g/mol. The first-order valence-corrected chi connectivity index (χ1v) is 7.17. The molecule has 1 N–H and O–H groups in total. The molecule has 2 aromatic carbocycles. The molecule has 0 amide bonds. The minimum Gasteiger partial charge on any atom is -0.378 e. The zero-order valence-corrected chi connectivity index (χ0v) is 12.7. The van der Waals surface area contributed by atoms with Gasteiger partial charge in [0.15, 0.2) is 0 Å². The number of anilines is 1. The molecule has 2 rings (SSSR count). The van der Waals surface area contributed by atoms with Gasteiger partial charge in [0, 0.05) is 10.2 Å². The molecular formula is C16H17BrFN. The Bertz CT molecular complexity index is 548. The van der Waals surface area contributed by atoms with Crippen LogP contribution in [0.3, 0.4) is 0 Å². The quantitative estimate of drug-likeness (QED) is 0.788. The average molecular weight is 322 g/mol. The highest BCUT2D eigenvalue weighted by Gasteiger charge is 2.10. The van der Waals surface area contributed by atoms with Crippen LogP contribution in [-0.4, -0.2) is 0 Å². The third-order valence-electron chi connectivity index (χ3n) is 3.04. The summed E-state index contributed by atoms with van der Waals surface area (Å²) in [6.07, 6.45) is 0.898. The van der Waals surface area contributed by atoms with Gasteiger partial charge in [0.25, 0.3) is 0 Å². The molecule has 0 heterocycles. The maximum absolute atomic E-state index is 13.3. The van der Waals surface area contributed by atoms with Crippen LogP contribution in [-0.2, 0) is 0 Å². The second-order valence-corrected chi connectivity index (χ2v) is 5.59. The maximum Gasteiger partial charge on any atom is 0.123 e. The molecule has 19 heavy (non-hydrogen) atoms. The van der Waals surface area contributed by atoms with Gasteiger partial charge in [-0.2, -0.15) is 0 Å². The zero-order valence-electron chi connectivity index (χ0n) is 11.1. The molecule has 1 atom stereocenters. The van der Waals surface area contributed by atoms with Gasteiger partial charge in [-0.1, -0.05) is 35.0 Å². The summed E-state index contributed by atoms with van der Waals surface area (Å²) in [5.41, 5.74) is 3.20. The van der Waals surface area contributed by atoms with E-state index in [2.05, 4.69) is 47.2 Å². The summed E-state index contributed by atoms with van der Waals surface area (Å²) in [4.78, 5) is 0. The Morgan fingerprint density at radius 3 is 2.63 bits per heavy atom. The lowest BCUT2D eigenvalue weighted by Crippen LogP contribution is -2.10. The molecule has 3 heteroatoms. The van der Waals surface area contributed by atoms with Crippen molar-refractivity contribution in [3.63, 3.8) is 0 Å². The van der Waals surface area contributed by atoms with Crippen molar-refractivity contribution in [1.82, 2.24) is 0 Å². The number of hydrogen-bond donors (Lipinski definition) is 1. The number of halogens is 2. The molecule has 0 saturated heterocycles. The number of aryl methyl sites for hydroxylation is 1. The summed E-state index contributed by atoms with van der Waals surface area (Å²) >= 11 is 3.49. The van der Waals surface area contributed by atoms with Crippen LogP contribution < -0.4 is 5.32 Å². The van der Waals surface area contributed by atoms with E-state index in [1.165, 1.54) is 11.6 Å². The molecule has 0 aliphatic heterocycles. The fraction of sp³-hybridized carbons (Fsp3) is 0.250. The SMILES string of the molecule is CCC(Nc1cc(C)cc(Br)c1)c1cccc(F)c1. The molecule has 1 nitrogen and oxygen atoms in total. The first-order chi connectivity index (χ1) is 9.08. The van der Waals surface area contributed by atoms with Gasteiger partial charge >= 0.3 is 0 Å². The van der Waals surface area contributed by atoms with Crippen LogP contribution in [0, 0.1) is 12.7 Å².